The molecule has 102 valence electrons. The number of amides is 1. The maximum atomic E-state index is 12.0. The number of hydrogen-bond acceptors (Lipinski definition) is 3. The highest BCUT2D eigenvalue weighted by molar-refractivity contribution is 5.84. The van der Waals surface area contributed by atoms with Crippen molar-refractivity contribution in [2.24, 2.45) is 0 Å². The molecule has 1 aromatic carbocycles. The van der Waals surface area contributed by atoms with Gasteiger partial charge in [-0.15, -0.1) is 0 Å². The van der Waals surface area contributed by atoms with Crippen molar-refractivity contribution < 1.29 is 14.3 Å². The number of piperidine rings is 1. The Balaban J connectivity index is 1.92. The lowest BCUT2D eigenvalue weighted by atomic mass is 10.1. The van der Waals surface area contributed by atoms with E-state index in [9.17, 15) is 9.59 Å². The number of ketones is 1. The van der Waals surface area contributed by atoms with Crippen LogP contribution in [0.2, 0.25) is 0 Å². The Morgan fingerprint density at radius 1 is 1.21 bits per heavy atom. The van der Waals surface area contributed by atoms with Gasteiger partial charge in [-0.2, -0.15) is 0 Å². The van der Waals surface area contributed by atoms with Crippen molar-refractivity contribution in [3.05, 3.63) is 29.3 Å². The highest BCUT2D eigenvalue weighted by Gasteiger charge is 2.21. The molecular formula is C15H19NO3. The topological polar surface area (TPSA) is 46.6 Å². The summed E-state index contributed by atoms with van der Waals surface area (Å²) < 4.78 is 5.63. The van der Waals surface area contributed by atoms with Crippen LogP contribution in [-0.2, 0) is 9.59 Å². The number of benzene rings is 1. The lowest BCUT2D eigenvalue weighted by Crippen LogP contribution is -2.41. The van der Waals surface area contributed by atoms with Crippen molar-refractivity contribution in [3.63, 3.8) is 0 Å². The maximum absolute atomic E-state index is 12.0. The van der Waals surface area contributed by atoms with E-state index < -0.39 is 0 Å². The lowest BCUT2D eigenvalue weighted by molar-refractivity contribution is -0.136. The molecule has 1 aromatic rings. The number of carbonyl (C=O) groups is 2. The Labute approximate surface area is 113 Å². The number of Topliss-reactive ketones (excluding diaryl/α,β-unsaturated/α-hetero) is 1. The molecule has 0 bridgehead atoms. The number of aryl methyl sites for hydroxylation is 2. The van der Waals surface area contributed by atoms with Gasteiger partial charge in [-0.3, -0.25) is 9.59 Å². The average Bonchev–Trinajstić information content (AvgIpc) is 2.38. The normalized spacial score (nSPS) is 15.5. The van der Waals surface area contributed by atoms with Crippen LogP contribution in [-0.4, -0.2) is 36.3 Å². The smallest absolute Gasteiger partial charge is 0.260 e. The predicted molar refractivity (Wildman–Crippen MR) is 72.2 cm³/mol. The molecule has 0 unspecified atom stereocenters. The molecule has 4 heteroatoms. The third-order valence-corrected chi connectivity index (χ3v) is 3.42. The summed E-state index contributed by atoms with van der Waals surface area (Å²) in [6.07, 6.45) is 0.935. The molecule has 0 atom stereocenters. The predicted octanol–water partition coefficient (Wildman–Crippen LogP) is 1.87. The fourth-order valence-corrected chi connectivity index (χ4v) is 2.26. The number of para-hydroxylation sites is 1. The lowest BCUT2D eigenvalue weighted by Gasteiger charge is -2.26. The van der Waals surface area contributed by atoms with E-state index in [1.807, 2.05) is 32.0 Å². The first kappa shape index (κ1) is 13.6. The molecule has 1 aliphatic heterocycles. The molecular weight excluding hydrogens is 242 g/mol. The number of nitrogens with zero attached hydrogens (tertiary/aromatic N) is 1. The van der Waals surface area contributed by atoms with E-state index in [4.69, 9.17) is 4.74 Å². The Morgan fingerprint density at radius 2 is 1.79 bits per heavy atom. The number of likely N-dealkylation sites (tertiary alicyclic amines) is 1. The van der Waals surface area contributed by atoms with E-state index in [-0.39, 0.29) is 18.3 Å². The van der Waals surface area contributed by atoms with E-state index in [1.165, 1.54) is 0 Å². The van der Waals surface area contributed by atoms with Crippen molar-refractivity contribution in [1.82, 2.24) is 4.90 Å². The first-order valence-electron chi connectivity index (χ1n) is 6.56. The molecule has 0 spiro atoms. The van der Waals surface area contributed by atoms with Crippen LogP contribution in [0.5, 0.6) is 5.75 Å². The van der Waals surface area contributed by atoms with Crippen molar-refractivity contribution in [2.75, 3.05) is 19.7 Å². The van der Waals surface area contributed by atoms with Crippen LogP contribution in [0.3, 0.4) is 0 Å². The van der Waals surface area contributed by atoms with E-state index in [0.717, 1.165) is 16.9 Å². The summed E-state index contributed by atoms with van der Waals surface area (Å²) >= 11 is 0. The Hall–Kier alpha value is -1.84. The molecule has 0 radical (unpaired) electrons. The summed E-state index contributed by atoms with van der Waals surface area (Å²) in [5.41, 5.74) is 2.06. The minimum absolute atomic E-state index is 0.0416. The van der Waals surface area contributed by atoms with E-state index in [0.29, 0.717) is 25.9 Å². The summed E-state index contributed by atoms with van der Waals surface area (Å²) in [4.78, 5) is 24.8. The van der Waals surface area contributed by atoms with Crippen molar-refractivity contribution >= 4 is 11.7 Å². The summed E-state index contributed by atoms with van der Waals surface area (Å²) in [7, 11) is 0. The number of carbonyl (C=O) groups excluding carboxylic acids is 2. The van der Waals surface area contributed by atoms with Crippen LogP contribution in [0, 0.1) is 13.8 Å². The van der Waals surface area contributed by atoms with E-state index in [2.05, 4.69) is 0 Å². The van der Waals surface area contributed by atoms with Crippen LogP contribution in [0.1, 0.15) is 24.0 Å². The molecule has 0 aliphatic carbocycles. The van der Waals surface area contributed by atoms with Gasteiger partial charge in [0, 0.05) is 25.9 Å². The van der Waals surface area contributed by atoms with Gasteiger partial charge in [-0.25, -0.2) is 0 Å². The van der Waals surface area contributed by atoms with E-state index >= 15 is 0 Å². The van der Waals surface area contributed by atoms with Gasteiger partial charge in [0.25, 0.3) is 5.91 Å². The van der Waals surface area contributed by atoms with Crippen LogP contribution in [0.15, 0.2) is 18.2 Å². The molecule has 1 fully saturated rings. The van der Waals surface area contributed by atoms with E-state index in [1.54, 1.807) is 4.90 Å². The summed E-state index contributed by atoms with van der Waals surface area (Å²) in [6, 6.07) is 5.90. The van der Waals surface area contributed by atoms with Gasteiger partial charge in [0.15, 0.2) is 6.61 Å². The summed E-state index contributed by atoms with van der Waals surface area (Å²) in [6.45, 7) is 5.01. The zero-order valence-corrected chi connectivity index (χ0v) is 11.4. The summed E-state index contributed by atoms with van der Waals surface area (Å²) in [5, 5.41) is 0. The third-order valence-electron chi connectivity index (χ3n) is 3.42. The third kappa shape index (κ3) is 3.34. The first-order valence-corrected chi connectivity index (χ1v) is 6.56. The van der Waals surface area contributed by atoms with Gasteiger partial charge < -0.3 is 9.64 Å². The SMILES string of the molecule is Cc1cccc(C)c1OCC(=O)N1CCC(=O)CC1. The molecule has 0 aromatic heterocycles. The zero-order chi connectivity index (χ0) is 13.8. The molecule has 1 aliphatic rings. The Kier molecular flexibility index (Phi) is 4.20. The minimum Gasteiger partial charge on any atom is -0.483 e. The minimum atomic E-state index is -0.0462. The van der Waals surface area contributed by atoms with Crippen molar-refractivity contribution in [1.29, 1.82) is 0 Å². The average molecular weight is 261 g/mol. The second-order valence-corrected chi connectivity index (χ2v) is 4.93. The Morgan fingerprint density at radius 3 is 2.37 bits per heavy atom. The number of hydrogen-bond donors (Lipinski definition) is 0. The standard InChI is InChI=1S/C15H19NO3/c1-11-4-3-5-12(2)15(11)19-10-14(18)16-8-6-13(17)7-9-16/h3-5H,6-10H2,1-2H3. The van der Waals surface area contributed by atoms with Gasteiger partial charge in [0.1, 0.15) is 11.5 Å². The molecule has 1 heterocycles. The van der Waals surface area contributed by atoms with Crippen LogP contribution >= 0.6 is 0 Å². The fraction of sp³-hybridized carbons (Fsp3) is 0.467. The molecule has 1 saturated heterocycles. The highest BCUT2D eigenvalue weighted by Crippen LogP contribution is 2.22. The van der Waals surface area contributed by atoms with Gasteiger partial charge in [-0.1, -0.05) is 18.2 Å². The fourth-order valence-electron chi connectivity index (χ4n) is 2.26. The quantitative estimate of drug-likeness (QED) is 0.834. The van der Waals surface area contributed by atoms with Crippen LogP contribution in [0.4, 0.5) is 0 Å². The van der Waals surface area contributed by atoms with Crippen LogP contribution in [0.25, 0.3) is 0 Å². The van der Waals surface area contributed by atoms with Gasteiger partial charge in [-0.05, 0) is 25.0 Å². The van der Waals surface area contributed by atoms with Gasteiger partial charge in [0.05, 0.1) is 0 Å². The molecule has 2 rings (SSSR count). The highest BCUT2D eigenvalue weighted by atomic mass is 16.5. The van der Waals surface area contributed by atoms with Gasteiger partial charge >= 0.3 is 0 Å². The molecule has 0 N–H and O–H groups in total. The summed E-state index contributed by atoms with van der Waals surface area (Å²) in [5.74, 6) is 0.971. The molecule has 19 heavy (non-hydrogen) atoms. The van der Waals surface area contributed by atoms with Gasteiger partial charge in [0.2, 0.25) is 0 Å². The second-order valence-electron chi connectivity index (χ2n) is 4.93. The van der Waals surface area contributed by atoms with Crippen molar-refractivity contribution in [2.45, 2.75) is 26.7 Å². The number of rotatable bonds is 3. The Bertz CT molecular complexity index is 466. The largest absolute Gasteiger partial charge is 0.483 e. The first-order chi connectivity index (χ1) is 9.08. The number of ether oxygens (including phenoxy) is 1. The van der Waals surface area contributed by atoms with Crippen molar-refractivity contribution in [3.8, 4) is 5.75 Å². The van der Waals surface area contributed by atoms with Crippen LogP contribution < -0.4 is 4.74 Å². The molecule has 0 saturated carbocycles. The molecule has 1 amide bonds. The zero-order valence-electron chi connectivity index (χ0n) is 11.4. The molecule has 4 nitrogen and oxygen atoms in total. The monoisotopic (exact) mass is 261 g/mol. The second kappa shape index (κ2) is 5.87. The maximum Gasteiger partial charge on any atom is 0.260 e.